The Bertz CT molecular complexity index is 458. The molecule has 2 aliphatic rings. The van der Waals surface area contributed by atoms with Crippen molar-refractivity contribution in [3.05, 3.63) is 20.8 Å². The van der Waals surface area contributed by atoms with Crippen LogP contribution in [0.25, 0.3) is 0 Å². The van der Waals surface area contributed by atoms with E-state index in [1.165, 1.54) is 19.3 Å². The number of halogens is 1. The van der Waals surface area contributed by atoms with Crippen molar-refractivity contribution < 1.29 is 4.79 Å². The lowest BCUT2D eigenvalue weighted by Gasteiger charge is -2.38. The monoisotopic (exact) mass is 342 g/mol. The van der Waals surface area contributed by atoms with Crippen LogP contribution in [-0.2, 0) is 11.2 Å². The average molecular weight is 343 g/mol. The quantitative estimate of drug-likeness (QED) is 0.895. The second-order valence-electron chi connectivity index (χ2n) is 5.69. The van der Waals surface area contributed by atoms with Gasteiger partial charge in [-0.3, -0.25) is 4.79 Å². The zero-order valence-electron chi connectivity index (χ0n) is 11.0. The zero-order chi connectivity index (χ0) is 13.3. The van der Waals surface area contributed by atoms with Gasteiger partial charge in [0.15, 0.2) is 0 Å². The molecule has 2 saturated heterocycles. The third kappa shape index (κ3) is 3.03. The number of nitrogens with one attached hydrogen (secondary N) is 1. The summed E-state index contributed by atoms with van der Waals surface area (Å²) in [6.07, 6.45) is 4.17. The lowest BCUT2D eigenvalue weighted by molar-refractivity contribution is -0.132. The van der Waals surface area contributed by atoms with Crippen LogP contribution in [0.15, 0.2) is 15.9 Å². The van der Waals surface area contributed by atoms with Gasteiger partial charge in [-0.2, -0.15) is 0 Å². The van der Waals surface area contributed by atoms with Crippen LogP contribution in [0, 0.1) is 5.41 Å². The first-order valence-corrected chi connectivity index (χ1v) is 8.51. The number of rotatable bonds is 2. The molecule has 3 nitrogen and oxygen atoms in total. The normalized spacial score (nSPS) is 22.1. The summed E-state index contributed by atoms with van der Waals surface area (Å²) in [6.45, 7) is 4.17. The Labute approximate surface area is 126 Å². The Hall–Kier alpha value is -0.390. The maximum Gasteiger partial charge on any atom is 0.227 e. The number of carbonyl (C=O) groups is 1. The highest BCUT2D eigenvalue weighted by molar-refractivity contribution is 9.11. The smallest absolute Gasteiger partial charge is 0.227 e. The highest BCUT2D eigenvalue weighted by Crippen LogP contribution is 2.37. The highest BCUT2D eigenvalue weighted by atomic mass is 79.9. The fourth-order valence-corrected chi connectivity index (χ4v) is 4.63. The number of nitrogens with zero attached hydrogens (tertiary/aromatic N) is 1. The summed E-state index contributed by atoms with van der Waals surface area (Å²) in [5, 5.41) is 3.46. The number of amides is 1. The standard InChI is InChI=1S/C14H19BrN2OS/c15-12-2-1-11(19-12)9-13(18)17-7-4-14(5-8-17)3-6-16-10-14/h1-2,16H,3-10H2. The van der Waals surface area contributed by atoms with Crippen molar-refractivity contribution in [3.63, 3.8) is 0 Å². The van der Waals surface area contributed by atoms with E-state index in [-0.39, 0.29) is 5.91 Å². The minimum absolute atomic E-state index is 0.287. The van der Waals surface area contributed by atoms with Crippen LogP contribution >= 0.6 is 27.3 Å². The van der Waals surface area contributed by atoms with Crippen LogP contribution < -0.4 is 5.32 Å². The molecule has 0 radical (unpaired) electrons. The summed E-state index contributed by atoms with van der Waals surface area (Å²) < 4.78 is 1.10. The molecule has 3 heterocycles. The lowest BCUT2D eigenvalue weighted by Crippen LogP contribution is -2.44. The molecule has 0 aliphatic carbocycles. The molecule has 2 fully saturated rings. The van der Waals surface area contributed by atoms with Crippen molar-refractivity contribution in [1.29, 1.82) is 0 Å². The first-order chi connectivity index (χ1) is 9.17. The number of likely N-dealkylation sites (tertiary alicyclic amines) is 1. The number of hydrogen-bond donors (Lipinski definition) is 1. The Kier molecular flexibility index (Phi) is 3.96. The van der Waals surface area contributed by atoms with Crippen molar-refractivity contribution in [2.45, 2.75) is 25.7 Å². The molecule has 5 heteroatoms. The molecular formula is C14H19BrN2OS. The minimum Gasteiger partial charge on any atom is -0.342 e. The predicted octanol–water partition coefficient (Wildman–Crippen LogP) is 2.66. The van der Waals surface area contributed by atoms with Crippen molar-refractivity contribution >= 4 is 33.2 Å². The molecule has 3 rings (SSSR count). The maximum absolute atomic E-state index is 12.3. The van der Waals surface area contributed by atoms with Gasteiger partial charge in [-0.05, 0) is 59.3 Å². The molecule has 2 aliphatic heterocycles. The van der Waals surface area contributed by atoms with E-state index in [2.05, 4.69) is 26.1 Å². The molecular weight excluding hydrogens is 324 g/mol. The Balaban J connectivity index is 1.54. The summed E-state index contributed by atoms with van der Waals surface area (Å²) >= 11 is 5.10. The van der Waals surface area contributed by atoms with Gasteiger partial charge in [0.25, 0.3) is 0 Å². The molecule has 1 amide bonds. The minimum atomic E-state index is 0.287. The lowest BCUT2D eigenvalue weighted by atomic mass is 9.78. The molecule has 1 N–H and O–H groups in total. The maximum atomic E-state index is 12.3. The van der Waals surface area contributed by atoms with Crippen molar-refractivity contribution in [1.82, 2.24) is 10.2 Å². The number of piperidine rings is 1. The Morgan fingerprint density at radius 3 is 2.74 bits per heavy atom. The van der Waals surface area contributed by atoms with Crippen molar-refractivity contribution in [3.8, 4) is 0 Å². The van der Waals surface area contributed by atoms with Crippen LogP contribution in [0.2, 0.25) is 0 Å². The average Bonchev–Trinajstić information content (AvgIpc) is 3.00. The van der Waals surface area contributed by atoms with Gasteiger partial charge in [0.2, 0.25) is 5.91 Å². The second-order valence-corrected chi connectivity index (χ2v) is 8.24. The van der Waals surface area contributed by atoms with E-state index in [4.69, 9.17) is 0 Å². The summed E-state index contributed by atoms with van der Waals surface area (Å²) in [4.78, 5) is 15.5. The summed E-state index contributed by atoms with van der Waals surface area (Å²) in [5.41, 5.74) is 0.489. The molecule has 0 unspecified atom stereocenters. The van der Waals surface area contributed by atoms with Crippen LogP contribution in [0.3, 0.4) is 0 Å². The molecule has 0 aromatic carbocycles. The van der Waals surface area contributed by atoms with Crippen molar-refractivity contribution in [2.24, 2.45) is 5.41 Å². The van der Waals surface area contributed by atoms with E-state index in [0.29, 0.717) is 11.8 Å². The fourth-order valence-electron chi connectivity index (χ4n) is 3.16. The first kappa shape index (κ1) is 13.6. The van der Waals surface area contributed by atoms with Gasteiger partial charge < -0.3 is 10.2 Å². The van der Waals surface area contributed by atoms with Gasteiger partial charge in [-0.15, -0.1) is 11.3 Å². The Morgan fingerprint density at radius 1 is 1.37 bits per heavy atom. The molecule has 0 bridgehead atoms. The Morgan fingerprint density at radius 2 is 2.16 bits per heavy atom. The SMILES string of the molecule is O=C(Cc1ccc(Br)s1)N1CCC2(CCNC2)CC1. The van der Waals surface area contributed by atoms with Crippen LogP contribution in [0.1, 0.15) is 24.1 Å². The number of thiophene rings is 1. The first-order valence-electron chi connectivity index (χ1n) is 6.90. The van der Waals surface area contributed by atoms with Gasteiger partial charge in [-0.25, -0.2) is 0 Å². The van der Waals surface area contributed by atoms with E-state index < -0.39 is 0 Å². The number of hydrogen-bond acceptors (Lipinski definition) is 3. The molecule has 0 saturated carbocycles. The van der Waals surface area contributed by atoms with Gasteiger partial charge in [-0.1, -0.05) is 0 Å². The molecule has 1 aromatic heterocycles. The number of carbonyl (C=O) groups excluding carboxylic acids is 1. The van der Waals surface area contributed by atoms with E-state index >= 15 is 0 Å². The van der Waals surface area contributed by atoms with E-state index in [1.54, 1.807) is 11.3 Å². The van der Waals surface area contributed by atoms with Crippen LogP contribution in [0.5, 0.6) is 0 Å². The predicted molar refractivity (Wildman–Crippen MR) is 81.5 cm³/mol. The topological polar surface area (TPSA) is 32.3 Å². The summed E-state index contributed by atoms with van der Waals surface area (Å²) in [7, 11) is 0. The third-order valence-corrected chi connectivity index (χ3v) is 6.09. The van der Waals surface area contributed by atoms with Gasteiger partial charge >= 0.3 is 0 Å². The zero-order valence-corrected chi connectivity index (χ0v) is 13.4. The van der Waals surface area contributed by atoms with Crippen molar-refractivity contribution in [2.75, 3.05) is 26.2 Å². The van der Waals surface area contributed by atoms with E-state index in [9.17, 15) is 4.79 Å². The summed E-state index contributed by atoms with van der Waals surface area (Å²) in [5.74, 6) is 0.287. The largest absolute Gasteiger partial charge is 0.342 e. The van der Waals surface area contributed by atoms with Gasteiger partial charge in [0.05, 0.1) is 10.2 Å². The molecule has 1 aromatic rings. The fraction of sp³-hybridized carbons (Fsp3) is 0.643. The van der Waals surface area contributed by atoms with Gasteiger partial charge in [0.1, 0.15) is 0 Å². The molecule has 0 atom stereocenters. The molecule has 104 valence electrons. The van der Waals surface area contributed by atoms with E-state index in [1.807, 2.05) is 12.1 Å². The summed E-state index contributed by atoms with van der Waals surface area (Å²) in [6, 6.07) is 4.06. The van der Waals surface area contributed by atoms with Crippen LogP contribution in [-0.4, -0.2) is 37.0 Å². The highest BCUT2D eigenvalue weighted by Gasteiger charge is 2.37. The molecule has 1 spiro atoms. The van der Waals surface area contributed by atoms with Gasteiger partial charge in [0, 0.05) is 24.5 Å². The third-order valence-electron chi connectivity index (χ3n) is 4.46. The molecule has 19 heavy (non-hydrogen) atoms. The van der Waals surface area contributed by atoms with E-state index in [0.717, 1.165) is 34.8 Å². The van der Waals surface area contributed by atoms with Crippen LogP contribution in [0.4, 0.5) is 0 Å². The second kappa shape index (κ2) is 5.54.